The summed E-state index contributed by atoms with van der Waals surface area (Å²) in [5.74, 6) is 1.65. The molecule has 0 amide bonds. The number of rotatable bonds is 6. The van der Waals surface area contributed by atoms with Crippen LogP contribution in [0.1, 0.15) is 71.0 Å². The fourth-order valence-electron chi connectivity index (χ4n) is 3.35. The predicted molar refractivity (Wildman–Crippen MR) is 84.6 cm³/mol. The van der Waals surface area contributed by atoms with E-state index in [0.717, 1.165) is 24.5 Å². The zero-order chi connectivity index (χ0) is 14.5. The molecule has 0 saturated heterocycles. The second-order valence-corrected chi connectivity index (χ2v) is 6.60. The average Bonchev–Trinajstić information content (AvgIpc) is 2.95. The van der Waals surface area contributed by atoms with Crippen LogP contribution in [0.2, 0.25) is 0 Å². The number of nitrogens with two attached hydrogens (primary N) is 1. The zero-order valence-corrected chi connectivity index (χ0v) is 13.4. The van der Waals surface area contributed by atoms with Gasteiger partial charge in [-0.05, 0) is 44.1 Å². The second-order valence-electron chi connectivity index (χ2n) is 6.60. The first-order valence-electron chi connectivity index (χ1n) is 8.43. The highest BCUT2D eigenvalue weighted by molar-refractivity contribution is 5.03. The molecule has 0 bridgehead atoms. The molecule has 3 heteroatoms. The molecule has 3 nitrogen and oxygen atoms in total. The minimum atomic E-state index is 0.285. The van der Waals surface area contributed by atoms with Gasteiger partial charge in [-0.25, -0.2) is 0 Å². The van der Waals surface area contributed by atoms with Crippen LogP contribution in [0, 0.1) is 11.8 Å². The van der Waals surface area contributed by atoms with Crippen molar-refractivity contribution in [1.82, 2.24) is 9.78 Å². The summed E-state index contributed by atoms with van der Waals surface area (Å²) in [5.41, 5.74) is 7.60. The monoisotopic (exact) mass is 277 g/mol. The molecular weight excluding hydrogens is 246 g/mol. The van der Waals surface area contributed by atoms with E-state index in [1.807, 2.05) is 0 Å². The smallest absolute Gasteiger partial charge is 0.0640 e. The number of aromatic nitrogens is 2. The van der Waals surface area contributed by atoms with Gasteiger partial charge in [-0.3, -0.25) is 4.68 Å². The van der Waals surface area contributed by atoms with Crippen molar-refractivity contribution in [2.24, 2.45) is 17.6 Å². The highest BCUT2D eigenvalue weighted by Gasteiger charge is 2.25. The molecule has 1 fully saturated rings. The molecule has 1 aromatic rings. The number of hydrogen-bond donors (Lipinski definition) is 1. The first-order valence-corrected chi connectivity index (χ1v) is 8.43. The molecule has 114 valence electrons. The summed E-state index contributed by atoms with van der Waals surface area (Å²) in [6, 6.07) is 2.91. The summed E-state index contributed by atoms with van der Waals surface area (Å²) < 4.78 is 2.08. The van der Waals surface area contributed by atoms with E-state index in [0.29, 0.717) is 12.0 Å². The van der Waals surface area contributed by atoms with Gasteiger partial charge < -0.3 is 5.73 Å². The minimum Gasteiger partial charge on any atom is -0.327 e. The van der Waals surface area contributed by atoms with Gasteiger partial charge in [0, 0.05) is 24.7 Å². The molecule has 2 unspecified atom stereocenters. The van der Waals surface area contributed by atoms with Crippen molar-refractivity contribution in [2.75, 3.05) is 0 Å². The molecule has 1 heterocycles. The lowest BCUT2D eigenvalue weighted by molar-refractivity contribution is 0.237. The largest absolute Gasteiger partial charge is 0.327 e. The highest BCUT2D eigenvalue weighted by atomic mass is 15.3. The molecule has 0 spiro atoms. The molecule has 2 N–H and O–H groups in total. The molecule has 1 aliphatic rings. The maximum Gasteiger partial charge on any atom is 0.0640 e. The number of nitrogens with zero attached hydrogens (tertiary/aromatic N) is 2. The lowest BCUT2D eigenvalue weighted by Crippen LogP contribution is -2.35. The molecule has 20 heavy (non-hydrogen) atoms. The molecule has 0 aromatic carbocycles. The van der Waals surface area contributed by atoms with Gasteiger partial charge in [0.15, 0.2) is 0 Å². The van der Waals surface area contributed by atoms with Gasteiger partial charge in [-0.1, -0.05) is 33.1 Å². The quantitative estimate of drug-likeness (QED) is 0.856. The van der Waals surface area contributed by atoms with Crippen LogP contribution in [0.4, 0.5) is 0 Å². The molecule has 0 radical (unpaired) electrons. The molecule has 2 atom stereocenters. The molecule has 0 aliphatic heterocycles. The molecule has 2 rings (SSSR count). The first kappa shape index (κ1) is 15.6. The Morgan fingerprint density at radius 1 is 1.30 bits per heavy atom. The van der Waals surface area contributed by atoms with Crippen LogP contribution in [-0.4, -0.2) is 15.8 Å². The van der Waals surface area contributed by atoms with Crippen molar-refractivity contribution in [3.63, 3.8) is 0 Å². The van der Waals surface area contributed by atoms with Crippen LogP contribution in [0.25, 0.3) is 0 Å². The Hall–Kier alpha value is -0.830. The van der Waals surface area contributed by atoms with Gasteiger partial charge in [0.1, 0.15) is 0 Å². The maximum atomic E-state index is 6.44. The minimum absolute atomic E-state index is 0.285. The summed E-state index contributed by atoms with van der Waals surface area (Å²) in [4.78, 5) is 0. The summed E-state index contributed by atoms with van der Waals surface area (Å²) in [7, 11) is 0. The van der Waals surface area contributed by atoms with E-state index in [2.05, 4.69) is 42.8 Å². The first-order chi connectivity index (χ1) is 9.63. The third kappa shape index (κ3) is 3.85. The van der Waals surface area contributed by atoms with Crippen LogP contribution >= 0.6 is 0 Å². The maximum absolute atomic E-state index is 6.44. The van der Waals surface area contributed by atoms with Gasteiger partial charge >= 0.3 is 0 Å². The van der Waals surface area contributed by atoms with Crippen molar-refractivity contribution >= 4 is 0 Å². The molecule has 1 saturated carbocycles. The lowest BCUT2D eigenvalue weighted by Gasteiger charge is -2.31. The van der Waals surface area contributed by atoms with Gasteiger partial charge in [0.2, 0.25) is 0 Å². The fourth-order valence-corrected chi connectivity index (χ4v) is 3.35. The second kappa shape index (κ2) is 7.26. The average molecular weight is 277 g/mol. The Morgan fingerprint density at radius 3 is 2.60 bits per heavy atom. The molecule has 1 aromatic heterocycles. The third-order valence-electron chi connectivity index (χ3n) is 5.23. The highest BCUT2D eigenvalue weighted by Crippen LogP contribution is 2.32. The van der Waals surface area contributed by atoms with Crippen molar-refractivity contribution in [2.45, 2.75) is 77.8 Å². The Labute approximate surface area is 123 Å². The van der Waals surface area contributed by atoms with Crippen molar-refractivity contribution in [3.8, 4) is 0 Å². The Morgan fingerprint density at radius 2 is 2.00 bits per heavy atom. The molecular formula is C17H31N3. The van der Waals surface area contributed by atoms with Crippen LogP contribution in [0.3, 0.4) is 0 Å². The Kier molecular flexibility index (Phi) is 5.64. The summed E-state index contributed by atoms with van der Waals surface area (Å²) >= 11 is 0. The van der Waals surface area contributed by atoms with Crippen LogP contribution in [0.15, 0.2) is 12.3 Å². The SMILES string of the molecule is CCC1CCC(C(N)Cc2ccn(C(C)CC)n2)CC1. The van der Waals surface area contributed by atoms with E-state index in [-0.39, 0.29) is 6.04 Å². The van der Waals surface area contributed by atoms with Crippen molar-refractivity contribution < 1.29 is 0 Å². The Balaban J connectivity index is 1.85. The van der Waals surface area contributed by atoms with Crippen LogP contribution < -0.4 is 5.73 Å². The van der Waals surface area contributed by atoms with E-state index >= 15 is 0 Å². The summed E-state index contributed by atoms with van der Waals surface area (Å²) in [6.07, 6.45) is 10.9. The van der Waals surface area contributed by atoms with Crippen molar-refractivity contribution in [3.05, 3.63) is 18.0 Å². The predicted octanol–water partition coefficient (Wildman–Crippen LogP) is 3.94. The number of hydrogen-bond acceptors (Lipinski definition) is 2. The molecule has 1 aliphatic carbocycles. The van der Waals surface area contributed by atoms with E-state index in [1.54, 1.807) is 0 Å². The van der Waals surface area contributed by atoms with Gasteiger partial charge in [-0.2, -0.15) is 5.10 Å². The lowest BCUT2D eigenvalue weighted by atomic mass is 9.77. The van der Waals surface area contributed by atoms with E-state index in [4.69, 9.17) is 5.73 Å². The van der Waals surface area contributed by atoms with Gasteiger partial charge in [0.25, 0.3) is 0 Å². The third-order valence-corrected chi connectivity index (χ3v) is 5.23. The summed E-state index contributed by atoms with van der Waals surface area (Å²) in [6.45, 7) is 6.72. The summed E-state index contributed by atoms with van der Waals surface area (Å²) in [5, 5.41) is 4.68. The Bertz CT molecular complexity index is 391. The van der Waals surface area contributed by atoms with Crippen LogP contribution in [0.5, 0.6) is 0 Å². The normalized spacial score (nSPS) is 26.4. The fraction of sp³-hybridized carbons (Fsp3) is 0.824. The van der Waals surface area contributed by atoms with E-state index in [9.17, 15) is 0 Å². The van der Waals surface area contributed by atoms with E-state index < -0.39 is 0 Å². The van der Waals surface area contributed by atoms with Gasteiger partial charge in [0.05, 0.1) is 5.69 Å². The van der Waals surface area contributed by atoms with Gasteiger partial charge in [-0.15, -0.1) is 0 Å². The van der Waals surface area contributed by atoms with Crippen molar-refractivity contribution in [1.29, 1.82) is 0 Å². The standard InChI is InChI=1S/C17H31N3/c1-4-13(3)20-11-10-16(19-20)12-17(18)15-8-6-14(5-2)7-9-15/h10-11,13-15,17H,4-9,12,18H2,1-3H3. The van der Waals surface area contributed by atoms with Crippen LogP contribution in [-0.2, 0) is 6.42 Å². The van der Waals surface area contributed by atoms with E-state index in [1.165, 1.54) is 32.1 Å². The zero-order valence-electron chi connectivity index (χ0n) is 13.4. The topological polar surface area (TPSA) is 43.8 Å².